The van der Waals surface area contributed by atoms with Gasteiger partial charge in [-0.3, -0.25) is 0 Å². The van der Waals surface area contributed by atoms with E-state index in [1.54, 1.807) is 5.56 Å². The molecule has 1 heteroatoms. The summed E-state index contributed by atoms with van der Waals surface area (Å²) in [5, 5.41) is 0. The van der Waals surface area contributed by atoms with Crippen LogP contribution in [0.15, 0.2) is 72.9 Å². The van der Waals surface area contributed by atoms with E-state index < -0.39 is 7.26 Å². The molecule has 0 aliphatic heterocycles. The summed E-state index contributed by atoms with van der Waals surface area (Å²) in [6.07, 6.45) is 22.2. The molecular weight excluding hydrogens is 283 g/mol. The van der Waals surface area contributed by atoms with Crippen molar-refractivity contribution in [3.63, 3.8) is 0 Å². The second kappa shape index (κ2) is 6.80. The molecule has 0 aromatic heterocycles. The molecule has 0 nitrogen and oxygen atoms in total. The van der Waals surface area contributed by atoms with Gasteiger partial charge in [0.05, 0.1) is 24.1 Å². The maximum atomic E-state index is 2.60. The molecule has 1 aromatic carbocycles. The topological polar surface area (TPSA) is 0 Å². The molecule has 3 rings (SSSR count). The highest BCUT2D eigenvalue weighted by atomic mass is 31.2. The number of aryl methyl sites for hydroxylation is 1. The van der Waals surface area contributed by atoms with E-state index >= 15 is 0 Å². The molecule has 0 saturated carbocycles. The molecule has 114 valence electrons. The van der Waals surface area contributed by atoms with Crippen LogP contribution in [0.3, 0.4) is 0 Å². The van der Waals surface area contributed by atoms with Crippen LogP contribution in [0.2, 0.25) is 0 Å². The van der Waals surface area contributed by atoms with Gasteiger partial charge in [-0.2, -0.15) is 0 Å². The standard InChI is InChI=1S/C21H26P/c1-18-11-9-10-12-19(18)17-22(2,20-13-5-3-6-14-20)21-15-7-4-8-16-21/h3-13,15,20-21H,14,16-17H2,1-2H3/q+1. The Labute approximate surface area is 135 Å². The van der Waals surface area contributed by atoms with E-state index in [0.717, 1.165) is 11.3 Å². The Morgan fingerprint density at radius 1 is 0.909 bits per heavy atom. The van der Waals surface area contributed by atoms with Gasteiger partial charge in [0.25, 0.3) is 0 Å². The molecular formula is C21H26P+. The van der Waals surface area contributed by atoms with Crippen molar-refractivity contribution >= 4 is 7.26 Å². The molecule has 0 saturated heterocycles. The first-order valence-electron chi connectivity index (χ1n) is 8.26. The van der Waals surface area contributed by atoms with Gasteiger partial charge in [0.2, 0.25) is 0 Å². The number of allylic oxidation sites excluding steroid dienone is 8. The number of hydrogen-bond donors (Lipinski definition) is 0. The average molecular weight is 309 g/mol. The van der Waals surface area contributed by atoms with Crippen molar-refractivity contribution in [2.45, 2.75) is 37.2 Å². The van der Waals surface area contributed by atoms with Crippen molar-refractivity contribution < 1.29 is 0 Å². The molecule has 2 aliphatic carbocycles. The van der Waals surface area contributed by atoms with Crippen LogP contribution < -0.4 is 0 Å². The monoisotopic (exact) mass is 309 g/mol. The molecule has 0 amide bonds. The summed E-state index contributed by atoms with van der Waals surface area (Å²) in [6, 6.07) is 8.94. The fraction of sp³-hybridized carbons (Fsp3) is 0.333. The summed E-state index contributed by atoms with van der Waals surface area (Å²) in [4.78, 5) is 0. The predicted octanol–water partition coefficient (Wildman–Crippen LogP) is 5.91. The number of hydrogen-bond acceptors (Lipinski definition) is 0. The Hall–Kier alpha value is -1.39. The van der Waals surface area contributed by atoms with E-state index in [9.17, 15) is 0 Å². The molecule has 0 fully saturated rings. The Morgan fingerprint density at radius 2 is 1.50 bits per heavy atom. The lowest BCUT2D eigenvalue weighted by molar-refractivity contribution is 0.942. The van der Waals surface area contributed by atoms with Crippen molar-refractivity contribution in [2.24, 2.45) is 0 Å². The van der Waals surface area contributed by atoms with Gasteiger partial charge in [-0.1, -0.05) is 60.7 Å². The van der Waals surface area contributed by atoms with Crippen LogP contribution in [-0.2, 0) is 6.16 Å². The van der Waals surface area contributed by atoms with Gasteiger partial charge in [-0.05, 0) is 30.2 Å². The minimum atomic E-state index is -1.15. The molecule has 22 heavy (non-hydrogen) atoms. The first-order chi connectivity index (χ1) is 10.7. The second-order valence-electron chi connectivity index (χ2n) is 6.66. The maximum absolute atomic E-state index is 2.60. The quantitative estimate of drug-likeness (QED) is 0.606. The zero-order chi connectivity index (χ0) is 15.4. The summed E-state index contributed by atoms with van der Waals surface area (Å²) < 4.78 is 0. The molecule has 2 aliphatic rings. The highest BCUT2D eigenvalue weighted by molar-refractivity contribution is 7.76. The zero-order valence-electron chi connectivity index (χ0n) is 13.7. The Bertz CT molecular complexity index is 603. The first-order valence-corrected chi connectivity index (χ1v) is 10.8. The minimum absolute atomic E-state index is 0.721. The van der Waals surface area contributed by atoms with E-state index in [1.807, 2.05) is 0 Å². The zero-order valence-corrected chi connectivity index (χ0v) is 14.5. The SMILES string of the molecule is Cc1ccccc1C[P+](C)(C1C=CC=CC1)C1C=CC=CC1. The summed E-state index contributed by atoms with van der Waals surface area (Å²) in [6.45, 7) is 4.86. The van der Waals surface area contributed by atoms with E-state index in [2.05, 4.69) is 86.5 Å². The first kappa shape index (κ1) is 15.5. The second-order valence-corrected chi connectivity index (χ2v) is 11.0. The maximum Gasteiger partial charge on any atom is 0.0920 e. The van der Waals surface area contributed by atoms with Gasteiger partial charge in [-0.15, -0.1) is 0 Å². The van der Waals surface area contributed by atoms with E-state index in [-0.39, 0.29) is 0 Å². The molecule has 0 bridgehead atoms. The molecule has 0 heterocycles. The van der Waals surface area contributed by atoms with Crippen molar-refractivity contribution in [3.8, 4) is 0 Å². The van der Waals surface area contributed by atoms with Crippen LogP contribution in [0, 0.1) is 6.92 Å². The van der Waals surface area contributed by atoms with Crippen LogP contribution in [-0.4, -0.2) is 18.0 Å². The summed E-state index contributed by atoms with van der Waals surface area (Å²) in [5.74, 6) is 0. The highest BCUT2D eigenvalue weighted by Gasteiger charge is 2.45. The third-order valence-corrected chi connectivity index (χ3v) is 10.0. The lowest BCUT2D eigenvalue weighted by Crippen LogP contribution is -2.24. The number of benzene rings is 1. The predicted molar refractivity (Wildman–Crippen MR) is 101 cm³/mol. The molecule has 0 radical (unpaired) electrons. The van der Waals surface area contributed by atoms with Crippen LogP contribution in [0.4, 0.5) is 0 Å². The van der Waals surface area contributed by atoms with Crippen LogP contribution in [0.25, 0.3) is 0 Å². The molecule has 1 aromatic rings. The third kappa shape index (κ3) is 3.18. The van der Waals surface area contributed by atoms with Gasteiger partial charge in [0.15, 0.2) is 0 Å². The Morgan fingerprint density at radius 3 is 2.00 bits per heavy atom. The normalized spacial score (nSPS) is 26.1. The van der Waals surface area contributed by atoms with Crippen LogP contribution in [0.1, 0.15) is 24.0 Å². The lowest BCUT2D eigenvalue weighted by Gasteiger charge is -2.36. The smallest absolute Gasteiger partial charge is 0.0803 e. The summed E-state index contributed by atoms with van der Waals surface area (Å²) >= 11 is 0. The van der Waals surface area contributed by atoms with Crippen molar-refractivity contribution in [1.29, 1.82) is 0 Å². The summed E-state index contributed by atoms with van der Waals surface area (Å²) in [5.41, 5.74) is 4.43. The lowest BCUT2D eigenvalue weighted by atomic mass is 10.1. The Kier molecular flexibility index (Phi) is 4.79. The van der Waals surface area contributed by atoms with E-state index in [0.29, 0.717) is 0 Å². The highest BCUT2D eigenvalue weighted by Crippen LogP contribution is 2.69. The fourth-order valence-electron chi connectivity index (χ4n) is 3.64. The Balaban J connectivity index is 1.93. The van der Waals surface area contributed by atoms with E-state index in [4.69, 9.17) is 0 Å². The summed E-state index contributed by atoms with van der Waals surface area (Å²) in [7, 11) is -1.15. The van der Waals surface area contributed by atoms with Gasteiger partial charge >= 0.3 is 0 Å². The van der Waals surface area contributed by atoms with E-state index in [1.165, 1.54) is 24.6 Å². The van der Waals surface area contributed by atoms with Gasteiger partial charge in [0, 0.05) is 20.1 Å². The van der Waals surface area contributed by atoms with Crippen molar-refractivity contribution in [2.75, 3.05) is 6.66 Å². The van der Waals surface area contributed by atoms with Crippen molar-refractivity contribution in [3.05, 3.63) is 84.0 Å². The molecule has 0 spiro atoms. The van der Waals surface area contributed by atoms with Gasteiger partial charge in [-0.25, -0.2) is 0 Å². The van der Waals surface area contributed by atoms with Gasteiger partial charge in [0.1, 0.15) is 0 Å². The van der Waals surface area contributed by atoms with Crippen molar-refractivity contribution in [1.82, 2.24) is 0 Å². The third-order valence-electron chi connectivity index (χ3n) is 5.20. The van der Waals surface area contributed by atoms with Crippen LogP contribution >= 0.6 is 7.26 Å². The fourth-order valence-corrected chi connectivity index (χ4v) is 7.89. The van der Waals surface area contributed by atoms with Gasteiger partial charge < -0.3 is 0 Å². The van der Waals surface area contributed by atoms with Crippen LogP contribution in [0.5, 0.6) is 0 Å². The average Bonchev–Trinajstić information content (AvgIpc) is 2.58. The minimum Gasteiger partial charge on any atom is -0.0803 e. The molecule has 0 N–H and O–H groups in total. The molecule has 2 atom stereocenters. The largest absolute Gasteiger partial charge is 0.0920 e. The number of rotatable bonds is 4. The molecule has 2 unspecified atom stereocenters.